The Labute approximate surface area is 190 Å². The molecule has 0 radical (unpaired) electrons. The van der Waals surface area contributed by atoms with Gasteiger partial charge >= 0.3 is 0 Å². The van der Waals surface area contributed by atoms with Gasteiger partial charge in [0.05, 0.1) is 27.4 Å². The van der Waals surface area contributed by atoms with Crippen molar-refractivity contribution in [2.24, 2.45) is 5.92 Å². The van der Waals surface area contributed by atoms with Crippen LogP contribution < -0.4 is 5.48 Å². The fraction of sp³-hybridized carbons (Fsp3) is 0.455. The maximum Gasteiger partial charge on any atom is 0.264 e. The molecule has 8 nitrogen and oxygen atoms in total. The molecule has 1 aliphatic rings. The number of aromatic nitrogens is 1. The van der Waals surface area contributed by atoms with E-state index in [4.69, 9.17) is 5.21 Å². The Hall–Kier alpha value is -2.47. The molecule has 0 saturated heterocycles. The molecule has 4 N–H and O–H groups in total. The average Bonchev–Trinajstić information content (AvgIpc) is 3.29. The number of fused-ring (bicyclic) bond motifs is 1. The number of aryl methyl sites for hydroxylation is 1. The van der Waals surface area contributed by atoms with Crippen molar-refractivity contribution in [2.75, 3.05) is 6.26 Å². The molecule has 170 valence electrons. The van der Waals surface area contributed by atoms with Crippen molar-refractivity contribution in [1.29, 1.82) is 0 Å². The summed E-state index contributed by atoms with van der Waals surface area (Å²) in [6.07, 6.45) is 0.642. The second-order valence-corrected chi connectivity index (χ2v) is 11.6. The standard InChI is InChI=1S/C22H24N2O6S2/c1-22(21(27)24-28,32(2,29)30)10-9-20-23-16-8-7-14(13-19(16)31-20)5-3-4-6-15-11-17(25)18(26)12-15/h7-8,13,15,17-18,25-26,28H,9-12H2,1-2H3,(H,24,27)/t15-,17-,18+,22-/m1/s1. The fourth-order valence-corrected chi connectivity index (χ4v) is 5.30. The van der Waals surface area contributed by atoms with Gasteiger partial charge in [0.25, 0.3) is 5.91 Å². The van der Waals surface area contributed by atoms with Crippen molar-refractivity contribution in [3.05, 3.63) is 28.8 Å². The van der Waals surface area contributed by atoms with Crippen LogP contribution in [0, 0.1) is 29.6 Å². The third-order valence-electron chi connectivity index (χ3n) is 5.69. The van der Waals surface area contributed by atoms with Gasteiger partial charge in [0.1, 0.15) is 4.75 Å². The summed E-state index contributed by atoms with van der Waals surface area (Å²) in [5, 5.41) is 28.7. The van der Waals surface area contributed by atoms with Gasteiger partial charge in [-0.2, -0.15) is 0 Å². The number of nitrogens with one attached hydrogen (secondary N) is 1. The molecule has 1 saturated carbocycles. The van der Waals surface area contributed by atoms with Gasteiger partial charge in [0, 0.05) is 24.2 Å². The number of carbonyl (C=O) groups excluding carboxylic acids is 1. The lowest BCUT2D eigenvalue weighted by molar-refractivity contribution is -0.131. The minimum atomic E-state index is -3.76. The van der Waals surface area contributed by atoms with Gasteiger partial charge in [0.2, 0.25) is 0 Å². The van der Waals surface area contributed by atoms with Crippen LogP contribution in [-0.4, -0.2) is 57.9 Å². The van der Waals surface area contributed by atoms with Gasteiger partial charge in [-0.15, -0.1) is 11.3 Å². The fourth-order valence-electron chi connectivity index (χ4n) is 3.44. The zero-order valence-corrected chi connectivity index (χ0v) is 19.3. The molecule has 0 bridgehead atoms. The molecule has 2 aromatic rings. The zero-order valence-electron chi connectivity index (χ0n) is 17.6. The van der Waals surface area contributed by atoms with E-state index >= 15 is 0 Å². The van der Waals surface area contributed by atoms with Gasteiger partial charge in [-0.25, -0.2) is 18.9 Å². The molecule has 1 fully saturated rings. The Morgan fingerprint density at radius 3 is 2.59 bits per heavy atom. The Kier molecular flexibility index (Phi) is 7.23. The Morgan fingerprint density at radius 1 is 1.28 bits per heavy atom. The van der Waals surface area contributed by atoms with Gasteiger partial charge < -0.3 is 10.2 Å². The van der Waals surface area contributed by atoms with E-state index in [1.165, 1.54) is 23.7 Å². The summed E-state index contributed by atoms with van der Waals surface area (Å²) in [6, 6.07) is 5.49. The quantitative estimate of drug-likeness (QED) is 0.287. The van der Waals surface area contributed by atoms with Gasteiger partial charge in [-0.1, -0.05) is 11.8 Å². The van der Waals surface area contributed by atoms with Crippen molar-refractivity contribution in [3.63, 3.8) is 0 Å². The smallest absolute Gasteiger partial charge is 0.264 e. The molecule has 3 rings (SSSR count). The van der Waals surface area contributed by atoms with Crippen LogP contribution in [0.3, 0.4) is 0 Å². The number of benzene rings is 1. The lowest BCUT2D eigenvalue weighted by Crippen LogP contribution is -2.49. The molecule has 1 aromatic carbocycles. The van der Waals surface area contributed by atoms with E-state index in [0.717, 1.165) is 22.0 Å². The van der Waals surface area contributed by atoms with Gasteiger partial charge in [-0.05, 0) is 56.2 Å². The Morgan fingerprint density at radius 2 is 1.97 bits per heavy atom. The molecule has 10 heteroatoms. The minimum absolute atomic E-state index is 0.0230. The van der Waals surface area contributed by atoms with E-state index in [0.29, 0.717) is 17.8 Å². The van der Waals surface area contributed by atoms with E-state index in [-0.39, 0.29) is 18.8 Å². The Balaban J connectivity index is 1.71. The SMILES string of the molecule is C[C@@](CCc1nc2ccc(C#CC#C[C@@H]3C[C@@H](O)[C@@H](O)C3)cc2s1)(C(=O)NO)S(C)(=O)=O. The Bertz CT molecular complexity index is 1240. The molecule has 1 heterocycles. The first-order chi connectivity index (χ1) is 15.0. The largest absolute Gasteiger partial charge is 0.390 e. The second-order valence-electron chi connectivity index (χ2n) is 8.06. The van der Waals surface area contributed by atoms with E-state index in [1.807, 2.05) is 18.2 Å². The van der Waals surface area contributed by atoms with E-state index in [9.17, 15) is 23.4 Å². The maximum atomic E-state index is 12.1. The highest BCUT2D eigenvalue weighted by Crippen LogP contribution is 2.28. The van der Waals surface area contributed by atoms with Crippen LogP contribution in [0.5, 0.6) is 0 Å². The maximum absolute atomic E-state index is 12.1. The van der Waals surface area contributed by atoms with Crippen LogP contribution in [0.2, 0.25) is 0 Å². The van der Waals surface area contributed by atoms with E-state index in [1.54, 1.807) is 0 Å². The molecule has 1 aromatic heterocycles. The van der Waals surface area contributed by atoms with Crippen molar-refractivity contribution in [2.45, 2.75) is 49.6 Å². The van der Waals surface area contributed by atoms with Crippen molar-refractivity contribution in [1.82, 2.24) is 10.5 Å². The molecule has 1 aliphatic carbocycles. The van der Waals surface area contributed by atoms with Crippen molar-refractivity contribution in [3.8, 4) is 23.7 Å². The van der Waals surface area contributed by atoms with Crippen LogP contribution in [0.1, 0.15) is 36.8 Å². The number of hydroxylamine groups is 1. The molecule has 0 unspecified atom stereocenters. The first-order valence-electron chi connectivity index (χ1n) is 9.95. The molecular formula is C22H24N2O6S2. The number of nitrogens with zero attached hydrogens (tertiary/aromatic N) is 1. The second kappa shape index (κ2) is 9.57. The number of hydrogen-bond acceptors (Lipinski definition) is 8. The monoisotopic (exact) mass is 476 g/mol. The molecule has 1 amide bonds. The molecule has 4 atom stereocenters. The van der Waals surface area contributed by atoms with E-state index in [2.05, 4.69) is 28.7 Å². The van der Waals surface area contributed by atoms with Crippen LogP contribution >= 0.6 is 11.3 Å². The lowest BCUT2D eigenvalue weighted by Gasteiger charge is -2.24. The molecular weight excluding hydrogens is 452 g/mol. The zero-order chi connectivity index (χ0) is 23.5. The van der Waals surface area contributed by atoms with Crippen LogP contribution in [0.4, 0.5) is 0 Å². The number of thiazole rings is 1. The average molecular weight is 477 g/mol. The number of aliphatic hydroxyl groups excluding tert-OH is 2. The number of sulfone groups is 1. The lowest BCUT2D eigenvalue weighted by atomic mass is 10.0. The summed E-state index contributed by atoms with van der Waals surface area (Å²) in [7, 11) is -3.76. The molecule has 0 aliphatic heterocycles. The normalized spacial score (nSPS) is 22.3. The highest BCUT2D eigenvalue weighted by atomic mass is 32.2. The van der Waals surface area contributed by atoms with Gasteiger partial charge in [-0.3, -0.25) is 10.0 Å². The predicted octanol–water partition coefficient (Wildman–Crippen LogP) is 1.02. The minimum Gasteiger partial charge on any atom is -0.390 e. The number of amides is 1. The molecule has 32 heavy (non-hydrogen) atoms. The van der Waals surface area contributed by atoms with Crippen LogP contribution in [0.25, 0.3) is 10.2 Å². The summed E-state index contributed by atoms with van der Waals surface area (Å²) in [6.45, 7) is 1.28. The first kappa shape index (κ1) is 24.2. The summed E-state index contributed by atoms with van der Waals surface area (Å²) in [5.41, 5.74) is 2.93. The van der Waals surface area contributed by atoms with Crippen molar-refractivity contribution >= 4 is 37.3 Å². The number of hydrogen-bond donors (Lipinski definition) is 4. The van der Waals surface area contributed by atoms with Gasteiger partial charge in [0.15, 0.2) is 9.84 Å². The summed E-state index contributed by atoms with van der Waals surface area (Å²) < 4.78 is 23.3. The summed E-state index contributed by atoms with van der Waals surface area (Å²) in [5.74, 6) is 10.4. The predicted molar refractivity (Wildman–Crippen MR) is 121 cm³/mol. The number of aliphatic hydroxyl groups is 2. The van der Waals surface area contributed by atoms with Crippen molar-refractivity contribution < 1.29 is 28.6 Å². The highest BCUT2D eigenvalue weighted by molar-refractivity contribution is 7.92. The van der Waals surface area contributed by atoms with Crippen LogP contribution in [-0.2, 0) is 21.1 Å². The number of rotatable bonds is 5. The third-order valence-corrected chi connectivity index (χ3v) is 8.79. The third kappa shape index (κ3) is 5.29. The number of carbonyl (C=O) groups is 1. The highest BCUT2D eigenvalue weighted by Gasteiger charge is 2.43. The van der Waals surface area contributed by atoms with Crippen LogP contribution in [0.15, 0.2) is 18.2 Å². The summed E-state index contributed by atoms with van der Waals surface area (Å²) >= 11 is 1.38. The first-order valence-corrected chi connectivity index (χ1v) is 12.7. The summed E-state index contributed by atoms with van der Waals surface area (Å²) in [4.78, 5) is 16.4. The van der Waals surface area contributed by atoms with E-state index < -0.39 is 32.7 Å². The molecule has 0 spiro atoms. The topological polar surface area (TPSA) is 137 Å².